The van der Waals surface area contributed by atoms with Gasteiger partial charge in [-0.05, 0) is 18.1 Å². The van der Waals surface area contributed by atoms with E-state index in [4.69, 9.17) is 17.3 Å². The Bertz CT molecular complexity index is 473. The van der Waals surface area contributed by atoms with E-state index in [0.29, 0.717) is 16.9 Å². The van der Waals surface area contributed by atoms with Crippen molar-refractivity contribution in [3.63, 3.8) is 0 Å². The van der Waals surface area contributed by atoms with Gasteiger partial charge in [0.25, 0.3) is 0 Å². The Balaban J connectivity index is 2.81. The van der Waals surface area contributed by atoms with Gasteiger partial charge >= 0.3 is 0 Å². The number of fused-ring (bicyclic) bond motifs is 1. The van der Waals surface area contributed by atoms with E-state index in [2.05, 4.69) is 18.8 Å². The molecule has 0 saturated heterocycles. The molecule has 0 aliphatic carbocycles. The van der Waals surface area contributed by atoms with Crippen molar-refractivity contribution in [3.8, 4) is 0 Å². The fourth-order valence-electron chi connectivity index (χ4n) is 1.52. The van der Waals surface area contributed by atoms with Crippen LogP contribution in [-0.4, -0.2) is 9.38 Å². The minimum Gasteiger partial charge on any atom is -0.383 e. The van der Waals surface area contributed by atoms with Crippen molar-refractivity contribution >= 4 is 23.1 Å². The molecule has 14 heavy (non-hydrogen) atoms. The van der Waals surface area contributed by atoms with Gasteiger partial charge in [0.15, 0.2) is 0 Å². The first kappa shape index (κ1) is 9.34. The van der Waals surface area contributed by atoms with Gasteiger partial charge in [-0.15, -0.1) is 0 Å². The third-order valence-electron chi connectivity index (χ3n) is 2.21. The summed E-state index contributed by atoms with van der Waals surface area (Å²) in [6.07, 6.45) is 0. The van der Waals surface area contributed by atoms with Crippen LogP contribution in [-0.2, 0) is 0 Å². The fourth-order valence-corrected chi connectivity index (χ4v) is 1.77. The number of halogens is 1. The Kier molecular flexibility index (Phi) is 2.11. The van der Waals surface area contributed by atoms with Crippen LogP contribution in [0.25, 0.3) is 5.65 Å². The predicted molar refractivity (Wildman–Crippen MR) is 58.7 cm³/mol. The van der Waals surface area contributed by atoms with Crippen LogP contribution in [0.5, 0.6) is 0 Å². The van der Waals surface area contributed by atoms with Gasteiger partial charge < -0.3 is 5.73 Å². The maximum Gasteiger partial charge on any atom is 0.139 e. The van der Waals surface area contributed by atoms with Crippen LogP contribution in [0.1, 0.15) is 25.5 Å². The van der Waals surface area contributed by atoms with Gasteiger partial charge in [0.05, 0.1) is 5.69 Å². The smallest absolute Gasteiger partial charge is 0.139 e. The van der Waals surface area contributed by atoms with Gasteiger partial charge in [-0.3, -0.25) is 4.40 Å². The Labute approximate surface area is 87.5 Å². The van der Waals surface area contributed by atoms with Crippen molar-refractivity contribution in [1.29, 1.82) is 0 Å². The Hall–Kier alpha value is -1.22. The first-order chi connectivity index (χ1) is 6.61. The van der Waals surface area contributed by atoms with Gasteiger partial charge in [0.2, 0.25) is 0 Å². The van der Waals surface area contributed by atoms with Crippen LogP contribution in [0, 0.1) is 0 Å². The number of hydrogen-bond acceptors (Lipinski definition) is 2. The SMILES string of the molecule is CC(C)c1nc2cccc(Cl)n2c1N. The zero-order chi connectivity index (χ0) is 10.3. The molecule has 4 heteroatoms. The molecule has 0 fully saturated rings. The monoisotopic (exact) mass is 209 g/mol. The molecule has 0 amide bonds. The third kappa shape index (κ3) is 1.24. The topological polar surface area (TPSA) is 43.3 Å². The summed E-state index contributed by atoms with van der Waals surface area (Å²) in [5.41, 5.74) is 7.66. The molecule has 3 nitrogen and oxygen atoms in total. The minimum absolute atomic E-state index is 0.311. The summed E-state index contributed by atoms with van der Waals surface area (Å²) in [5.74, 6) is 0.951. The Morgan fingerprint density at radius 1 is 1.43 bits per heavy atom. The summed E-state index contributed by atoms with van der Waals surface area (Å²) >= 11 is 6.02. The van der Waals surface area contributed by atoms with E-state index >= 15 is 0 Å². The minimum atomic E-state index is 0.311. The van der Waals surface area contributed by atoms with Gasteiger partial charge in [-0.25, -0.2) is 4.98 Å². The number of aromatic nitrogens is 2. The highest BCUT2D eigenvalue weighted by molar-refractivity contribution is 6.29. The maximum atomic E-state index is 6.02. The second kappa shape index (κ2) is 3.17. The van der Waals surface area contributed by atoms with E-state index in [1.807, 2.05) is 12.1 Å². The number of rotatable bonds is 1. The second-order valence-electron chi connectivity index (χ2n) is 3.58. The van der Waals surface area contributed by atoms with Crippen LogP contribution < -0.4 is 5.73 Å². The molecule has 0 atom stereocenters. The van der Waals surface area contributed by atoms with Crippen LogP contribution in [0.2, 0.25) is 5.15 Å². The number of imidazole rings is 1. The first-order valence-electron chi connectivity index (χ1n) is 4.53. The standard InChI is InChI=1S/C10H12ClN3/c1-6(2)9-10(12)14-7(11)4-3-5-8(14)13-9/h3-6H,12H2,1-2H3. The fraction of sp³-hybridized carbons (Fsp3) is 0.300. The third-order valence-corrected chi connectivity index (χ3v) is 2.50. The van der Waals surface area contributed by atoms with E-state index in [0.717, 1.165) is 11.3 Å². The predicted octanol–water partition coefficient (Wildman–Crippen LogP) is 2.69. The lowest BCUT2D eigenvalue weighted by molar-refractivity contribution is 0.838. The molecule has 2 rings (SSSR count). The van der Waals surface area contributed by atoms with Crippen molar-refractivity contribution in [2.75, 3.05) is 5.73 Å². The van der Waals surface area contributed by atoms with Gasteiger partial charge in [0.1, 0.15) is 16.6 Å². The highest BCUT2D eigenvalue weighted by Gasteiger charge is 2.13. The first-order valence-corrected chi connectivity index (χ1v) is 4.91. The van der Waals surface area contributed by atoms with Crippen LogP contribution in [0.3, 0.4) is 0 Å². The van der Waals surface area contributed by atoms with E-state index in [1.54, 1.807) is 10.5 Å². The molecule has 0 radical (unpaired) electrons. The Morgan fingerprint density at radius 3 is 2.71 bits per heavy atom. The molecule has 74 valence electrons. The molecular formula is C10H12ClN3. The lowest BCUT2D eigenvalue weighted by atomic mass is 10.1. The van der Waals surface area contributed by atoms with E-state index in [-0.39, 0.29) is 0 Å². The molecule has 0 aliphatic rings. The molecule has 0 unspecified atom stereocenters. The van der Waals surface area contributed by atoms with E-state index < -0.39 is 0 Å². The van der Waals surface area contributed by atoms with Crippen molar-refractivity contribution in [3.05, 3.63) is 29.0 Å². The molecule has 2 aromatic rings. The maximum absolute atomic E-state index is 6.02. The highest BCUT2D eigenvalue weighted by Crippen LogP contribution is 2.25. The quantitative estimate of drug-likeness (QED) is 0.734. The normalized spacial score (nSPS) is 11.4. The number of nitrogen functional groups attached to an aromatic ring is 1. The molecule has 2 heterocycles. The summed E-state index contributed by atoms with van der Waals surface area (Å²) < 4.78 is 1.76. The highest BCUT2D eigenvalue weighted by atomic mass is 35.5. The number of anilines is 1. The van der Waals surface area contributed by atoms with Crippen molar-refractivity contribution in [2.24, 2.45) is 0 Å². The van der Waals surface area contributed by atoms with Gasteiger partial charge in [-0.1, -0.05) is 31.5 Å². The Morgan fingerprint density at radius 2 is 2.14 bits per heavy atom. The molecule has 0 aliphatic heterocycles. The van der Waals surface area contributed by atoms with Gasteiger partial charge in [-0.2, -0.15) is 0 Å². The zero-order valence-electron chi connectivity index (χ0n) is 8.16. The lowest BCUT2D eigenvalue weighted by Crippen LogP contribution is -1.98. The summed E-state index contributed by atoms with van der Waals surface area (Å²) in [6.45, 7) is 4.12. The molecule has 2 aromatic heterocycles. The van der Waals surface area contributed by atoms with Crippen LogP contribution in [0.15, 0.2) is 18.2 Å². The van der Waals surface area contributed by atoms with E-state index in [9.17, 15) is 0 Å². The number of nitrogens with zero attached hydrogens (tertiary/aromatic N) is 2. The van der Waals surface area contributed by atoms with E-state index in [1.165, 1.54) is 0 Å². The van der Waals surface area contributed by atoms with Crippen LogP contribution in [0.4, 0.5) is 5.82 Å². The largest absolute Gasteiger partial charge is 0.383 e. The number of nitrogens with two attached hydrogens (primary N) is 1. The molecule has 0 aromatic carbocycles. The summed E-state index contributed by atoms with van der Waals surface area (Å²) in [5, 5.41) is 0.597. The van der Waals surface area contributed by atoms with Crippen molar-refractivity contribution in [2.45, 2.75) is 19.8 Å². The lowest BCUT2D eigenvalue weighted by Gasteiger charge is -2.02. The molecule has 2 N–H and O–H groups in total. The summed E-state index contributed by atoms with van der Waals surface area (Å²) in [7, 11) is 0. The van der Waals surface area contributed by atoms with Crippen molar-refractivity contribution in [1.82, 2.24) is 9.38 Å². The van der Waals surface area contributed by atoms with Gasteiger partial charge in [0, 0.05) is 0 Å². The number of hydrogen-bond donors (Lipinski definition) is 1. The van der Waals surface area contributed by atoms with Crippen LogP contribution >= 0.6 is 11.6 Å². The molecule has 0 saturated carbocycles. The summed E-state index contributed by atoms with van der Waals surface area (Å²) in [4.78, 5) is 4.43. The second-order valence-corrected chi connectivity index (χ2v) is 3.97. The summed E-state index contributed by atoms with van der Waals surface area (Å²) in [6, 6.07) is 5.57. The average Bonchev–Trinajstić information content (AvgIpc) is 2.45. The molecule has 0 spiro atoms. The molecular weight excluding hydrogens is 198 g/mol. The number of pyridine rings is 1. The molecule has 0 bridgehead atoms. The average molecular weight is 210 g/mol. The zero-order valence-corrected chi connectivity index (χ0v) is 8.92. The van der Waals surface area contributed by atoms with Crippen molar-refractivity contribution < 1.29 is 0 Å².